The number of piperidine rings is 1. The van der Waals surface area contributed by atoms with Gasteiger partial charge < -0.3 is 5.11 Å². The first-order valence-electron chi connectivity index (χ1n) is 7.78. The van der Waals surface area contributed by atoms with E-state index in [1.165, 1.54) is 4.90 Å². The second-order valence-electron chi connectivity index (χ2n) is 5.35. The van der Waals surface area contributed by atoms with Crippen LogP contribution in [0.2, 0.25) is 0 Å². The Bertz CT molecular complexity index is 500. The number of rotatable bonds is 1. The van der Waals surface area contributed by atoms with Crippen LogP contribution in [-0.2, 0) is 4.79 Å². The van der Waals surface area contributed by atoms with Gasteiger partial charge in [0.2, 0.25) is 5.91 Å². The predicted molar refractivity (Wildman–Crippen MR) is 80.7 cm³/mol. The summed E-state index contributed by atoms with van der Waals surface area (Å²) in [5, 5.41) is 9.93. The molecule has 3 unspecified atom stereocenters. The molecule has 1 saturated carbocycles. The minimum atomic E-state index is -0.371. The van der Waals surface area contributed by atoms with Crippen molar-refractivity contribution in [2.75, 3.05) is 0 Å². The van der Waals surface area contributed by atoms with E-state index in [2.05, 4.69) is 0 Å². The van der Waals surface area contributed by atoms with Crippen LogP contribution >= 0.6 is 0 Å². The molecule has 4 heteroatoms. The number of hydrogen-bond donors (Lipinski definition) is 1. The first kappa shape index (κ1) is 15.7. The minimum absolute atomic E-state index is 0.0605. The minimum Gasteiger partial charge on any atom is -0.393 e. The quantitative estimate of drug-likeness (QED) is 0.809. The van der Waals surface area contributed by atoms with Crippen molar-refractivity contribution in [3.8, 4) is 0 Å². The molecule has 0 bridgehead atoms. The van der Waals surface area contributed by atoms with Gasteiger partial charge in [0.1, 0.15) is 0 Å². The molecule has 2 aliphatic rings. The second kappa shape index (κ2) is 6.85. The molecule has 0 radical (unpaired) electrons. The van der Waals surface area contributed by atoms with Crippen molar-refractivity contribution in [2.45, 2.75) is 51.7 Å². The van der Waals surface area contributed by atoms with Gasteiger partial charge in [-0.1, -0.05) is 32.0 Å². The number of hydrogen-bond acceptors (Lipinski definition) is 3. The molecule has 21 heavy (non-hydrogen) atoms. The number of imide groups is 1. The van der Waals surface area contributed by atoms with Crippen LogP contribution in [-0.4, -0.2) is 34.0 Å². The van der Waals surface area contributed by atoms with Crippen molar-refractivity contribution < 1.29 is 14.7 Å². The van der Waals surface area contributed by atoms with E-state index in [0.717, 1.165) is 6.42 Å². The lowest BCUT2D eigenvalue weighted by Gasteiger charge is -2.36. The van der Waals surface area contributed by atoms with E-state index in [9.17, 15) is 14.7 Å². The Morgan fingerprint density at radius 3 is 2.48 bits per heavy atom. The Morgan fingerprint density at radius 1 is 1.14 bits per heavy atom. The van der Waals surface area contributed by atoms with E-state index in [4.69, 9.17) is 0 Å². The highest BCUT2D eigenvalue weighted by molar-refractivity contribution is 6.05. The smallest absolute Gasteiger partial charge is 0.260 e. The third kappa shape index (κ3) is 3.00. The van der Waals surface area contributed by atoms with Crippen molar-refractivity contribution in [2.24, 2.45) is 5.92 Å². The summed E-state index contributed by atoms with van der Waals surface area (Å²) in [5.74, 6) is -0.274. The normalized spacial score (nSPS) is 27.7. The van der Waals surface area contributed by atoms with Gasteiger partial charge in [-0.2, -0.15) is 0 Å². The van der Waals surface area contributed by atoms with Gasteiger partial charge in [-0.25, -0.2) is 0 Å². The lowest BCUT2D eigenvalue weighted by molar-refractivity contribution is -0.135. The highest BCUT2D eigenvalue weighted by Crippen LogP contribution is 2.38. The third-order valence-electron chi connectivity index (χ3n) is 4.28. The van der Waals surface area contributed by atoms with Crippen LogP contribution in [0.3, 0.4) is 0 Å². The Morgan fingerprint density at radius 2 is 1.81 bits per heavy atom. The van der Waals surface area contributed by atoms with Gasteiger partial charge in [-0.15, -0.1) is 0 Å². The SMILES string of the molecule is CC.O=C1CCC2C(O)CCC2N1C(=O)c1ccccc1. The number of benzene rings is 1. The standard InChI is InChI=1S/C15H17NO3.C2H6/c17-13-8-7-12-11(13)6-9-14(18)16(12)15(19)10-4-2-1-3-5-10;1-2/h1-5,11-13,17H,6-9H2;1-2H3. The van der Waals surface area contributed by atoms with E-state index < -0.39 is 0 Å². The van der Waals surface area contributed by atoms with Gasteiger partial charge in [0.25, 0.3) is 5.91 Å². The summed E-state index contributed by atoms with van der Waals surface area (Å²) in [6.07, 6.45) is 2.08. The van der Waals surface area contributed by atoms with Gasteiger partial charge in [-0.3, -0.25) is 14.5 Å². The summed E-state index contributed by atoms with van der Waals surface area (Å²) in [4.78, 5) is 26.0. The third-order valence-corrected chi connectivity index (χ3v) is 4.28. The zero-order valence-electron chi connectivity index (χ0n) is 12.7. The summed E-state index contributed by atoms with van der Waals surface area (Å²) in [6, 6.07) is 8.76. The van der Waals surface area contributed by atoms with Crippen LogP contribution in [0.5, 0.6) is 0 Å². The Balaban J connectivity index is 0.000000774. The number of nitrogens with zero attached hydrogens (tertiary/aromatic N) is 1. The first-order valence-corrected chi connectivity index (χ1v) is 7.78. The molecule has 2 amide bonds. The number of carbonyl (C=O) groups is 2. The summed E-state index contributed by atoms with van der Waals surface area (Å²) >= 11 is 0. The van der Waals surface area contributed by atoms with Gasteiger partial charge in [0.15, 0.2) is 0 Å². The molecule has 1 aliphatic heterocycles. The maximum Gasteiger partial charge on any atom is 0.260 e. The monoisotopic (exact) mass is 289 g/mol. The van der Waals surface area contributed by atoms with E-state index in [0.29, 0.717) is 24.8 Å². The Labute approximate surface area is 125 Å². The van der Waals surface area contributed by atoms with E-state index >= 15 is 0 Å². The van der Waals surface area contributed by atoms with Crippen molar-refractivity contribution in [1.29, 1.82) is 0 Å². The molecule has 3 atom stereocenters. The molecular weight excluding hydrogens is 266 g/mol. The summed E-state index contributed by atoms with van der Waals surface area (Å²) in [6.45, 7) is 4.00. The molecule has 2 fully saturated rings. The number of amides is 2. The molecule has 0 aromatic heterocycles. The van der Waals surface area contributed by atoms with Gasteiger partial charge in [0.05, 0.1) is 6.10 Å². The number of aliphatic hydroxyl groups is 1. The number of fused-ring (bicyclic) bond motifs is 1. The van der Waals surface area contributed by atoms with Crippen LogP contribution in [0.25, 0.3) is 0 Å². The highest BCUT2D eigenvalue weighted by atomic mass is 16.3. The van der Waals surface area contributed by atoms with Crippen molar-refractivity contribution in [3.63, 3.8) is 0 Å². The Kier molecular flexibility index (Phi) is 5.12. The van der Waals surface area contributed by atoms with Crippen LogP contribution < -0.4 is 0 Å². The lowest BCUT2D eigenvalue weighted by Crippen LogP contribution is -2.51. The van der Waals surface area contributed by atoms with Crippen LogP contribution in [0.1, 0.15) is 49.9 Å². The molecule has 1 aliphatic carbocycles. The van der Waals surface area contributed by atoms with E-state index in [-0.39, 0.29) is 29.9 Å². The molecule has 1 saturated heterocycles. The molecule has 1 aromatic rings. The maximum absolute atomic E-state index is 12.5. The average molecular weight is 289 g/mol. The largest absolute Gasteiger partial charge is 0.393 e. The van der Waals surface area contributed by atoms with Gasteiger partial charge >= 0.3 is 0 Å². The van der Waals surface area contributed by atoms with Gasteiger partial charge in [0, 0.05) is 23.9 Å². The van der Waals surface area contributed by atoms with Crippen LogP contribution in [0, 0.1) is 5.92 Å². The molecule has 0 spiro atoms. The molecule has 1 heterocycles. The fourth-order valence-corrected chi connectivity index (χ4v) is 3.31. The number of carbonyl (C=O) groups excluding carboxylic acids is 2. The predicted octanol–water partition coefficient (Wildman–Crippen LogP) is 2.61. The lowest BCUT2D eigenvalue weighted by atomic mass is 9.89. The molecule has 1 N–H and O–H groups in total. The van der Waals surface area contributed by atoms with Gasteiger partial charge in [-0.05, 0) is 31.4 Å². The van der Waals surface area contributed by atoms with E-state index in [1.807, 2.05) is 19.9 Å². The highest BCUT2D eigenvalue weighted by Gasteiger charge is 2.46. The van der Waals surface area contributed by atoms with Crippen molar-refractivity contribution in [3.05, 3.63) is 35.9 Å². The average Bonchev–Trinajstić information content (AvgIpc) is 2.91. The summed E-state index contributed by atoms with van der Waals surface area (Å²) in [5.41, 5.74) is 0.540. The molecule has 4 nitrogen and oxygen atoms in total. The van der Waals surface area contributed by atoms with E-state index in [1.54, 1.807) is 24.3 Å². The molecule has 3 rings (SSSR count). The number of aliphatic hydroxyl groups excluding tert-OH is 1. The zero-order valence-corrected chi connectivity index (χ0v) is 12.7. The zero-order chi connectivity index (χ0) is 15.4. The van der Waals surface area contributed by atoms with Crippen LogP contribution in [0.4, 0.5) is 0 Å². The van der Waals surface area contributed by atoms with Crippen molar-refractivity contribution in [1.82, 2.24) is 4.90 Å². The van der Waals surface area contributed by atoms with Crippen molar-refractivity contribution >= 4 is 11.8 Å². The fourth-order valence-electron chi connectivity index (χ4n) is 3.31. The summed E-state index contributed by atoms with van der Waals surface area (Å²) < 4.78 is 0. The van der Waals surface area contributed by atoms with Crippen LogP contribution in [0.15, 0.2) is 30.3 Å². The Hall–Kier alpha value is -1.68. The molecule has 1 aromatic carbocycles. The number of likely N-dealkylation sites (tertiary alicyclic amines) is 1. The fraction of sp³-hybridized carbons (Fsp3) is 0.529. The molecule has 114 valence electrons. The molecular formula is C17H23NO3. The first-order chi connectivity index (χ1) is 10.2. The second-order valence-corrected chi connectivity index (χ2v) is 5.35. The maximum atomic E-state index is 12.5. The topological polar surface area (TPSA) is 57.6 Å². The summed E-state index contributed by atoms with van der Waals surface area (Å²) in [7, 11) is 0.